The summed E-state index contributed by atoms with van der Waals surface area (Å²) in [5.41, 5.74) is 2.45. The highest BCUT2D eigenvalue weighted by Gasteiger charge is 2.15. The van der Waals surface area contributed by atoms with E-state index in [1.165, 1.54) is 6.07 Å². The molecule has 0 saturated carbocycles. The van der Waals surface area contributed by atoms with Crippen LogP contribution in [0.3, 0.4) is 0 Å². The molecule has 1 aromatic heterocycles. The summed E-state index contributed by atoms with van der Waals surface area (Å²) in [5, 5.41) is 0.924. The summed E-state index contributed by atoms with van der Waals surface area (Å²) in [5.74, 6) is 0.927. The van der Waals surface area contributed by atoms with Gasteiger partial charge in [-0.1, -0.05) is 30.3 Å². The maximum Gasteiger partial charge on any atom is 0.175 e. The summed E-state index contributed by atoms with van der Waals surface area (Å²) in [6.45, 7) is 0.138. The molecule has 0 spiro atoms. The highest BCUT2D eigenvalue weighted by Crippen LogP contribution is 2.39. The van der Waals surface area contributed by atoms with Crippen LogP contribution in [-0.4, -0.2) is 12.1 Å². The van der Waals surface area contributed by atoms with Crippen molar-refractivity contribution in [3.8, 4) is 22.1 Å². The van der Waals surface area contributed by atoms with E-state index in [2.05, 4.69) is 28.7 Å². The van der Waals surface area contributed by atoms with Crippen molar-refractivity contribution in [1.82, 2.24) is 4.98 Å². The first kappa shape index (κ1) is 18.2. The van der Waals surface area contributed by atoms with E-state index in [0.717, 1.165) is 24.4 Å². The van der Waals surface area contributed by atoms with Crippen LogP contribution in [0.15, 0.2) is 60.7 Å². The molecular formula is C21H15FINO2S. The van der Waals surface area contributed by atoms with Crippen LogP contribution in [0.5, 0.6) is 11.5 Å². The van der Waals surface area contributed by atoms with Crippen molar-refractivity contribution in [2.24, 2.45) is 0 Å². The number of rotatable bonds is 5. The van der Waals surface area contributed by atoms with Crippen molar-refractivity contribution < 1.29 is 13.9 Å². The smallest absolute Gasteiger partial charge is 0.175 e. The summed E-state index contributed by atoms with van der Waals surface area (Å²) in [7, 11) is 1.60. The van der Waals surface area contributed by atoms with Crippen molar-refractivity contribution in [3.05, 3.63) is 75.6 Å². The van der Waals surface area contributed by atoms with Crippen molar-refractivity contribution in [3.63, 3.8) is 0 Å². The van der Waals surface area contributed by atoms with Crippen LogP contribution >= 0.6 is 33.9 Å². The summed E-state index contributed by atoms with van der Waals surface area (Å²) in [4.78, 5) is 4.70. The maximum atomic E-state index is 13.8. The molecule has 0 bridgehead atoms. The van der Waals surface area contributed by atoms with E-state index in [4.69, 9.17) is 14.5 Å². The van der Waals surface area contributed by atoms with Gasteiger partial charge in [0, 0.05) is 11.1 Å². The van der Waals surface area contributed by atoms with E-state index in [9.17, 15) is 4.39 Å². The summed E-state index contributed by atoms with van der Waals surface area (Å²) >= 11 is 3.85. The Morgan fingerprint density at radius 3 is 2.63 bits per heavy atom. The average Bonchev–Trinajstić information content (AvgIpc) is 3.12. The van der Waals surface area contributed by atoms with Gasteiger partial charge in [0.1, 0.15) is 17.4 Å². The van der Waals surface area contributed by atoms with E-state index in [0.29, 0.717) is 17.1 Å². The zero-order valence-corrected chi connectivity index (χ0v) is 17.4. The largest absolute Gasteiger partial charge is 0.493 e. The van der Waals surface area contributed by atoms with Gasteiger partial charge in [0.25, 0.3) is 0 Å². The molecule has 136 valence electrons. The standard InChI is InChI=1S/C21H15FINO2S/c1-25-18-11-14(21-24-17-8-4-5-9-19(17)27-21)10-16(23)20(18)26-12-13-6-2-3-7-15(13)22/h2-11H,12H2,1H3. The lowest BCUT2D eigenvalue weighted by atomic mass is 10.2. The molecule has 6 heteroatoms. The number of hydrogen-bond donors (Lipinski definition) is 0. The maximum absolute atomic E-state index is 13.8. The minimum Gasteiger partial charge on any atom is -0.493 e. The molecule has 27 heavy (non-hydrogen) atoms. The SMILES string of the molecule is COc1cc(-c2nc3ccccc3s2)cc(I)c1OCc1ccccc1F. The summed E-state index contributed by atoms with van der Waals surface area (Å²) < 4.78 is 27.3. The van der Waals surface area contributed by atoms with E-state index in [1.54, 1.807) is 36.6 Å². The topological polar surface area (TPSA) is 31.4 Å². The van der Waals surface area contributed by atoms with Crippen molar-refractivity contribution in [2.45, 2.75) is 6.61 Å². The third kappa shape index (κ3) is 3.77. The molecule has 0 saturated heterocycles. The first-order valence-electron chi connectivity index (χ1n) is 8.25. The predicted octanol–water partition coefficient (Wildman–Crippen LogP) is 6.29. The quantitative estimate of drug-likeness (QED) is 0.308. The number of aromatic nitrogens is 1. The number of halogens is 2. The second-order valence-electron chi connectivity index (χ2n) is 5.86. The number of nitrogens with zero attached hydrogens (tertiary/aromatic N) is 1. The van der Waals surface area contributed by atoms with Crippen LogP contribution in [0.2, 0.25) is 0 Å². The molecule has 1 heterocycles. The monoisotopic (exact) mass is 491 g/mol. The lowest BCUT2D eigenvalue weighted by Gasteiger charge is -2.14. The molecule has 0 radical (unpaired) electrons. The molecule has 0 aliphatic heterocycles. The van der Waals surface area contributed by atoms with Gasteiger partial charge in [0.2, 0.25) is 0 Å². The highest BCUT2D eigenvalue weighted by molar-refractivity contribution is 14.1. The zero-order valence-electron chi connectivity index (χ0n) is 14.4. The molecular weight excluding hydrogens is 476 g/mol. The second-order valence-corrected chi connectivity index (χ2v) is 8.05. The van der Waals surface area contributed by atoms with Gasteiger partial charge in [-0.05, 0) is 52.9 Å². The minimum atomic E-state index is -0.280. The number of para-hydroxylation sites is 1. The Hall–Kier alpha value is -2.19. The fraction of sp³-hybridized carbons (Fsp3) is 0.0952. The predicted molar refractivity (Wildman–Crippen MR) is 115 cm³/mol. The molecule has 0 aliphatic rings. The second kappa shape index (κ2) is 7.82. The van der Waals surface area contributed by atoms with Gasteiger partial charge in [-0.25, -0.2) is 9.37 Å². The van der Waals surface area contributed by atoms with E-state index in [1.807, 2.05) is 30.3 Å². The lowest BCUT2D eigenvalue weighted by Crippen LogP contribution is -2.01. The van der Waals surface area contributed by atoms with Gasteiger partial charge in [0.05, 0.1) is 20.9 Å². The van der Waals surface area contributed by atoms with Crippen molar-refractivity contribution in [1.29, 1.82) is 0 Å². The van der Waals surface area contributed by atoms with E-state index < -0.39 is 0 Å². The fourth-order valence-corrected chi connectivity index (χ4v) is 4.45. The van der Waals surface area contributed by atoms with Gasteiger partial charge < -0.3 is 9.47 Å². The molecule has 4 aromatic rings. The van der Waals surface area contributed by atoms with Crippen LogP contribution in [0.1, 0.15) is 5.56 Å². The number of thiazole rings is 1. The third-order valence-corrected chi connectivity index (χ3v) is 5.99. The Balaban J connectivity index is 1.67. The van der Waals surface area contributed by atoms with Gasteiger partial charge in [-0.3, -0.25) is 0 Å². The van der Waals surface area contributed by atoms with Crippen LogP contribution in [0.4, 0.5) is 4.39 Å². The molecule has 0 unspecified atom stereocenters. The number of methoxy groups -OCH3 is 1. The third-order valence-electron chi connectivity index (χ3n) is 4.10. The summed E-state index contributed by atoms with van der Waals surface area (Å²) in [6, 6.07) is 18.6. The molecule has 3 nitrogen and oxygen atoms in total. The molecule has 0 N–H and O–H groups in total. The number of benzene rings is 3. The molecule has 0 amide bonds. The number of fused-ring (bicyclic) bond motifs is 1. The minimum absolute atomic E-state index is 0.138. The van der Waals surface area contributed by atoms with Gasteiger partial charge in [-0.2, -0.15) is 0 Å². The fourth-order valence-electron chi connectivity index (χ4n) is 2.74. The molecule has 4 rings (SSSR count). The Kier molecular flexibility index (Phi) is 5.27. The first-order chi connectivity index (χ1) is 13.2. The van der Waals surface area contributed by atoms with Crippen LogP contribution in [0, 0.1) is 9.39 Å². The van der Waals surface area contributed by atoms with E-state index >= 15 is 0 Å². The Labute approximate surface area is 173 Å². The first-order valence-corrected chi connectivity index (χ1v) is 10.1. The number of hydrogen-bond acceptors (Lipinski definition) is 4. The highest BCUT2D eigenvalue weighted by atomic mass is 127. The zero-order chi connectivity index (χ0) is 18.8. The van der Waals surface area contributed by atoms with Crippen LogP contribution in [0.25, 0.3) is 20.8 Å². The van der Waals surface area contributed by atoms with Crippen LogP contribution < -0.4 is 9.47 Å². The van der Waals surface area contributed by atoms with E-state index in [-0.39, 0.29) is 12.4 Å². The van der Waals surface area contributed by atoms with Crippen molar-refractivity contribution in [2.75, 3.05) is 7.11 Å². The Bertz CT molecular complexity index is 1080. The van der Waals surface area contributed by atoms with Gasteiger partial charge >= 0.3 is 0 Å². The van der Waals surface area contributed by atoms with Crippen LogP contribution in [-0.2, 0) is 6.61 Å². The van der Waals surface area contributed by atoms with Crippen molar-refractivity contribution >= 4 is 44.1 Å². The number of ether oxygens (including phenoxy) is 2. The normalized spacial score (nSPS) is 10.9. The van der Waals surface area contributed by atoms with Gasteiger partial charge in [0.15, 0.2) is 11.5 Å². The molecule has 0 fully saturated rings. The summed E-state index contributed by atoms with van der Waals surface area (Å²) in [6.07, 6.45) is 0. The Morgan fingerprint density at radius 1 is 1.07 bits per heavy atom. The molecule has 3 aromatic carbocycles. The Morgan fingerprint density at radius 2 is 1.85 bits per heavy atom. The average molecular weight is 491 g/mol. The lowest BCUT2D eigenvalue weighted by molar-refractivity contribution is 0.277. The van der Waals surface area contributed by atoms with Gasteiger partial charge in [-0.15, -0.1) is 11.3 Å². The molecule has 0 atom stereocenters. The molecule has 0 aliphatic carbocycles.